The van der Waals surface area contributed by atoms with Gasteiger partial charge < -0.3 is 15.0 Å². The van der Waals surface area contributed by atoms with E-state index in [1.54, 1.807) is 6.92 Å². The smallest absolute Gasteiger partial charge is 0.323 e. The lowest BCUT2D eigenvalue weighted by Crippen LogP contribution is -2.47. The summed E-state index contributed by atoms with van der Waals surface area (Å²) in [6, 6.07) is 6.98. The van der Waals surface area contributed by atoms with Crippen LogP contribution in [0.2, 0.25) is 0 Å². The third kappa shape index (κ3) is 6.83. The first-order valence-corrected chi connectivity index (χ1v) is 11.1. The van der Waals surface area contributed by atoms with E-state index in [0.29, 0.717) is 31.7 Å². The normalized spacial score (nSPS) is 14.6. The lowest BCUT2D eigenvalue weighted by molar-refractivity contribution is -0.150. The number of carbonyl (C=O) groups is 3. The van der Waals surface area contributed by atoms with E-state index in [4.69, 9.17) is 4.74 Å². The fraction of sp³-hybridized carbons (Fsp3) is 0.609. The molecule has 0 saturated carbocycles. The summed E-state index contributed by atoms with van der Waals surface area (Å²) in [6.45, 7) is 8.90. The molecule has 0 spiro atoms. The SMILES string of the molecule is CCCN(CC(=O)NCc1ccc(C(=O)N2CCCC2)cc1)[C@@H](CC)C(=O)OCC. The van der Waals surface area contributed by atoms with Crippen LogP contribution in [0, 0.1) is 0 Å². The van der Waals surface area contributed by atoms with Gasteiger partial charge in [-0.15, -0.1) is 0 Å². The van der Waals surface area contributed by atoms with Gasteiger partial charge in [0.1, 0.15) is 6.04 Å². The van der Waals surface area contributed by atoms with Crippen molar-refractivity contribution in [1.29, 1.82) is 0 Å². The zero-order valence-electron chi connectivity index (χ0n) is 18.5. The molecule has 7 nitrogen and oxygen atoms in total. The van der Waals surface area contributed by atoms with Crippen LogP contribution in [0.4, 0.5) is 0 Å². The second kappa shape index (κ2) is 12.3. The Morgan fingerprint density at radius 2 is 1.77 bits per heavy atom. The lowest BCUT2D eigenvalue weighted by atomic mass is 10.1. The zero-order chi connectivity index (χ0) is 21.9. The molecule has 0 bridgehead atoms. The van der Waals surface area contributed by atoms with E-state index in [-0.39, 0.29) is 24.3 Å². The number of esters is 1. The topological polar surface area (TPSA) is 79.0 Å². The Hall–Kier alpha value is -2.41. The predicted octanol–water partition coefficient (Wildman–Crippen LogP) is 2.59. The van der Waals surface area contributed by atoms with Crippen LogP contribution in [0.1, 0.15) is 62.4 Å². The Balaban J connectivity index is 1.88. The monoisotopic (exact) mass is 417 g/mol. The number of ether oxygens (including phenoxy) is 1. The highest BCUT2D eigenvalue weighted by molar-refractivity contribution is 5.94. The fourth-order valence-corrected chi connectivity index (χ4v) is 3.75. The van der Waals surface area contributed by atoms with Crippen LogP contribution in [0.25, 0.3) is 0 Å². The standard InChI is InChI=1S/C23H35N3O4/c1-4-13-26(20(5-2)23(29)30-6-3)17-21(27)24-16-18-9-11-19(12-10-18)22(28)25-14-7-8-15-25/h9-12,20H,4-8,13-17H2,1-3H3,(H,24,27)/t20-/m0/s1. The van der Waals surface area contributed by atoms with Gasteiger partial charge in [-0.05, 0) is 56.8 Å². The van der Waals surface area contributed by atoms with Crippen molar-refractivity contribution < 1.29 is 19.1 Å². The van der Waals surface area contributed by atoms with Crippen molar-refractivity contribution in [3.63, 3.8) is 0 Å². The van der Waals surface area contributed by atoms with Crippen LogP contribution in [0.5, 0.6) is 0 Å². The molecule has 0 unspecified atom stereocenters. The number of rotatable bonds is 11. The Labute approximate surface area is 179 Å². The molecule has 2 rings (SSSR count). The van der Waals surface area contributed by atoms with Gasteiger partial charge in [0.15, 0.2) is 0 Å². The van der Waals surface area contributed by atoms with Gasteiger partial charge in [0.05, 0.1) is 13.2 Å². The molecule has 7 heteroatoms. The average Bonchev–Trinajstić information content (AvgIpc) is 3.28. The number of hydrogen-bond donors (Lipinski definition) is 1. The molecule has 1 aromatic carbocycles. The van der Waals surface area contributed by atoms with Crippen LogP contribution < -0.4 is 5.32 Å². The Morgan fingerprint density at radius 3 is 2.33 bits per heavy atom. The van der Waals surface area contributed by atoms with Crippen LogP contribution in [0.3, 0.4) is 0 Å². The lowest BCUT2D eigenvalue weighted by Gasteiger charge is -2.28. The third-order valence-electron chi connectivity index (χ3n) is 5.33. The number of hydrogen-bond acceptors (Lipinski definition) is 5. The molecule has 1 N–H and O–H groups in total. The summed E-state index contributed by atoms with van der Waals surface area (Å²) < 4.78 is 5.16. The number of benzene rings is 1. The molecular weight excluding hydrogens is 382 g/mol. The van der Waals surface area contributed by atoms with Crippen LogP contribution in [-0.2, 0) is 20.9 Å². The maximum absolute atomic E-state index is 12.5. The van der Waals surface area contributed by atoms with E-state index < -0.39 is 6.04 Å². The molecule has 1 heterocycles. The molecule has 1 atom stereocenters. The van der Waals surface area contributed by atoms with Crippen molar-refractivity contribution in [2.24, 2.45) is 0 Å². The van der Waals surface area contributed by atoms with E-state index in [1.807, 2.05) is 47.9 Å². The second-order valence-electron chi connectivity index (χ2n) is 7.62. The average molecular weight is 418 g/mol. The number of likely N-dealkylation sites (tertiary alicyclic amines) is 1. The molecule has 1 fully saturated rings. The van der Waals surface area contributed by atoms with Crippen molar-refractivity contribution in [2.75, 3.05) is 32.8 Å². The van der Waals surface area contributed by atoms with Crippen molar-refractivity contribution in [3.05, 3.63) is 35.4 Å². The summed E-state index contributed by atoms with van der Waals surface area (Å²) in [5, 5.41) is 2.91. The number of nitrogens with zero attached hydrogens (tertiary/aromatic N) is 2. The summed E-state index contributed by atoms with van der Waals surface area (Å²) in [4.78, 5) is 40.9. The van der Waals surface area contributed by atoms with Gasteiger partial charge in [-0.25, -0.2) is 0 Å². The molecule has 1 aliphatic heterocycles. The molecule has 0 radical (unpaired) electrons. The molecule has 1 aromatic rings. The van der Waals surface area contributed by atoms with Crippen molar-refractivity contribution in [1.82, 2.24) is 15.1 Å². The van der Waals surface area contributed by atoms with Crippen molar-refractivity contribution >= 4 is 17.8 Å². The van der Waals surface area contributed by atoms with Crippen LogP contribution in [-0.4, -0.2) is 66.4 Å². The maximum atomic E-state index is 12.5. The first kappa shape index (κ1) is 23.9. The minimum Gasteiger partial charge on any atom is -0.465 e. The van der Waals surface area contributed by atoms with Crippen molar-refractivity contribution in [2.45, 2.75) is 59.0 Å². The van der Waals surface area contributed by atoms with Gasteiger partial charge in [0.25, 0.3) is 5.91 Å². The van der Waals surface area contributed by atoms with E-state index >= 15 is 0 Å². The van der Waals surface area contributed by atoms with Crippen LogP contribution >= 0.6 is 0 Å². The fourth-order valence-electron chi connectivity index (χ4n) is 3.75. The number of amides is 2. The summed E-state index contributed by atoms with van der Waals surface area (Å²) in [6.07, 6.45) is 3.58. The zero-order valence-corrected chi connectivity index (χ0v) is 18.5. The maximum Gasteiger partial charge on any atom is 0.323 e. The van der Waals surface area contributed by atoms with Gasteiger partial charge in [-0.2, -0.15) is 0 Å². The molecule has 166 valence electrons. The predicted molar refractivity (Wildman–Crippen MR) is 116 cm³/mol. The summed E-state index contributed by atoms with van der Waals surface area (Å²) in [5.41, 5.74) is 1.61. The third-order valence-corrected chi connectivity index (χ3v) is 5.33. The van der Waals surface area contributed by atoms with Gasteiger partial charge in [-0.1, -0.05) is 26.0 Å². The first-order valence-electron chi connectivity index (χ1n) is 11.1. The molecule has 0 aromatic heterocycles. The molecule has 0 aliphatic carbocycles. The minimum absolute atomic E-state index is 0.0721. The molecule has 1 saturated heterocycles. The number of nitrogens with one attached hydrogen (secondary N) is 1. The largest absolute Gasteiger partial charge is 0.465 e. The van der Waals surface area contributed by atoms with E-state index in [0.717, 1.165) is 37.9 Å². The quantitative estimate of drug-likeness (QED) is 0.560. The highest BCUT2D eigenvalue weighted by Gasteiger charge is 2.26. The highest BCUT2D eigenvalue weighted by atomic mass is 16.5. The minimum atomic E-state index is -0.411. The first-order chi connectivity index (χ1) is 14.5. The van der Waals surface area contributed by atoms with Gasteiger partial charge in [0.2, 0.25) is 5.91 Å². The van der Waals surface area contributed by atoms with Gasteiger partial charge >= 0.3 is 5.97 Å². The number of carbonyl (C=O) groups excluding carboxylic acids is 3. The highest BCUT2D eigenvalue weighted by Crippen LogP contribution is 2.14. The Bertz CT molecular complexity index is 699. The molecular formula is C23H35N3O4. The van der Waals surface area contributed by atoms with Gasteiger partial charge in [0, 0.05) is 25.2 Å². The molecule has 2 amide bonds. The van der Waals surface area contributed by atoms with E-state index in [1.165, 1.54) is 0 Å². The summed E-state index contributed by atoms with van der Waals surface area (Å²) >= 11 is 0. The van der Waals surface area contributed by atoms with E-state index in [9.17, 15) is 14.4 Å². The van der Waals surface area contributed by atoms with Crippen molar-refractivity contribution in [3.8, 4) is 0 Å². The molecule has 30 heavy (non-hydrogen) atoms. The Morgan fingerprint density at radius 1 is 1.10 bits per heavy atom. The van der Waals surface area contributed by atoms with E-state index in [2.05, 4.69) is 5.32 Å². The summed E-state index contributed by atoms with van der Waals surface area (Å²) in [7, 11) is 0. The van der Waals surface area contributed by atoms with Gasteiger partial charge in [-0.3, -0.25) is 19.3 Å². The second-order valence-corrected chi connectivity index (χ2v) is 7.62. The van der Waals surface area contributed by atoms with Crippen LogP contribution in [0.15, 0.2) is 24.3 Å². The Kier molecular flexibility index (Phi) is 9.80. The molecule has 1 aliphatic rings. The summed E-state index contributed by atoms with van der Waals surface area (Å²) in [5.74, 6) is -0.342.